The SMILES string of the molecule is O=C(NC1CCCOC1)c1cc(C(F)(F)F)ccc1F. The average molecular weight is 291 g/mol. The number of carbonyl (C=O) groups excluding carboxylic acids is 1. The smallest absolute Gasteiger partial charge is 0.379 e. The second kappa shape index (κ2) is 5.78. The zero-order chi connectivity index (χ0) is 14.8. The molecular formula is C13H13F4NO2. The van der Waals surface area contributed by atoms with E-state index in [0.717, 1.165) is 6.42 Å². The summed E-state index contributed by atoms with van der Waals surface area (Å²) in [5, 5.41) is 2.48. The van der Waals surface area contributed by atoms with Crippen LogP contribution in [-0.2, 0) is 10.9 Å². The lowest BCUT2D eigenvalue weighted by Gasteiger charge is -2.23. The predicted molar refractivity (Wildman–Crippen MR) is 62.7 cm³/mol. The van der Waals surface area contributed by atoms with Crippen molar-refractivity contribution in [2.75, 3.05) is 13.2 Å². The number of hydrogen-bond acceptors (Lipinski definition) is 2. The molecule has 1 heterocycles. The molecule has 1 fully saturated rings. The van der Waals surface area contributed by atoms with Gasteiger partial charge in [0.15, 0.2) is 0 Å². The molecule has 0 saturated carbocycles. The Morgan fingerprint density at radius 1 is 1.35 bits per heavy atom. The van der Waals surface area contributed by atoms with E-state index in [1.807, 2.05) is 0 Å². The second-order valence-corrected chi connectivity index (χ2v) is 4.58. The Balaban J connectivity index is 2.16. The van der Waals surface area contributed by atoms with Crippen LogP contribution in [0.3, 0.4) is 0 Å². The number of hydrogen-bond donors (Lipinski definition) is 1. The second-order valence-electron chi connectivity index (χ2n) is 4.58. The van der Waals surface area contributed by atoms with Gasteiger partial charge in [-0.25, -0.2) is 4.39 Å². The molecule has 3 nitrogen and oxygen atoms in total. The van der Waals surface area contributed by atoms with Crippen molar-refractivity contribution in [1.82, 2.24) is 5.32 Å². The largest absolute Gasteiger partial charge is 0.416 e. The van der Waals surface area contributed by atoms with Gasteiger partial charge in [-0.2, -0.15) is 13.2 Å². The Kier molecular flexibility index (Phi) is 4.27. The molecule has 0 aromatic heterocycles. The summed E-state index contributed by atoms with van der Waals surface area (Å²) < 4.78 is 56.3. The maximum Gasteiger partial charge on any atom is 0.416 e. The third kappa shape index (κ3) is 3.47. The number of alkyl halides is 3. The van der Waals surface area contributed by atoms with Crippen molar-refractivity contribution in [2.24, 2.45) is 0 Å². The molecule has 0 aliphatic carbocycles. The van der Waals surface area contributed by atoms with E-state index in [0.29, 0.717) is 31.2 Å². The topological polar surface area (TPSA) is 38.3 Å². The molecule has 1 aromatic carbocycles. The van der Waals surface area contributed by atoms with Gasteiger partial charge in [0.25, 0.3) is 5.91 Å². The summed E-state index contributed by atoms with van der Waals surface area (Å²) in [5.41, 5.74) is -1.66. The normalized spacial score (nSPS) is 19.7. The van der Waals surface area contributed by atoms with Crippen molar-refractivity contribution in [3.8, 4) is 0 Å². The molecule has 20 heavy (non-hydrogen) atoms. The van der Waals surface area contributed by atoms with Gasteiger partial charge in [-0.1, -0.05) is 0 Å². The summed E-state index contributed by atoms with van der Waals surface area (Å²) in [6, 6.07) is 1.48. The average Bonchev–Trinajstić information content (AvgIpc) is 2.39. The monoisotopic (exact) mass is 291 g/mol. The first kappa shape index (κ1) is 14.8. The first-order valence-electron chi connectivity index (χ1n) is 6.13. The number of ether oxygens (including phenoxy) is 1. The number of rotatable bonds is 2. The molecule has 0 bridgehead atoms. The fourth-order valence-corrected chi connectivity index (χ4v) is 1.99. The summed E-state index contributed by atoms with van der Waals surface area (Å²) in [5.74, 6) is -1.84. The summed E-state index contributed by atoms with van der Waals surface area (Å²) in [6.07, 6.45) is -3.21. The molecule has 0 radical (unpaired) electrons. The molecular weight excluding hydrogens is 278 g/mol. The maximum absolute atomic E-state index is 13.5. The van der Waals surface area contributed by atoms with E-state index in [2.05, 4.69) is 5.32 Å². The highest BCUT2D eigenvalue weighted by Gasteiger charge is 2.32. The van der Waals surface area contributed by atoms with Crippen LogP contribution in [-0.4, -0.2) is 25.2 Å². The van der Waals surface area contributed by atoms with Crippen molar-refractivity contribution in [3.63, 3.8) is 0 Å². The van der Waals surface area contributed by atoms with Gasteiger partial charge in [-0.15, -0.1) is 0 Å². The first-order valence-corrected chi connectivity index (χ1v) is 6.13. The first-order chi connectivity index (χ1) is 9.38. The lowest BCUT2D eigenvalue weighted by molar-refractivity contribution is -0.137. The van der Waals surface area contributed by atoms with Crippen molar-refractivity contribution in [1.29, 1.82) is 0 Å². The van der Waals surface area contributed by atoms with Crippen LogP contribution >= 0.6 is 0 Å². The van der Waals surface area contributed by atoms with E-state index in [9.17, 15) is 22.4 Å². The molecule has 0 spiro atoms. The highest BCUT2D eigenvalue weighted by Crippen LogP contribution is 2.30. The summed E-state index contributed by atoms with van der Waals surface area (Å²) >= 11 is 0. The zero-order valence-electron chi connectivity index (χ0n) is 10.5. The molecule has 1 aliphatic heterocycles. The molecule has 1 amide bonds. The van der Waals surface area contributed by atoms with Gasteiger partial charge in [0.2, 0.25) is 0 Å². The third-order valence-electron chi connectivity index (χ3n) is 3.03. The van der Waals surface area contributed by atoms with Gasteiger partial charge in [-0.3, -0.25) is 4.79 Å². The van der Waals surface area contributed by atoms with E-state index in [1.165, 1.54) is 0 Å². The highest BCUT2D eigenvalue weighted by atomic mass is 19.4. The highest BCUT2D eigenvalue weighted by molar-refractivity contribution is 5.94. The molecule has 1 aliphatic rings. The summed E-state index contributed by atoms with van der Waals surface area (Å²) in [6.45, 7) is 0.872. The standard InChI is InChI=1S/C13H13F4NO2/c14-11-4-3-8(13(15,16)17)6-10(11)12(19)18-9-2-1-5-20-7-9/h3-4,6,9H,1-2,5,7H2,(H,18,19). The number of benzene rings is 1. The minimum absolute atomic E-state index is 0.284. The van der Waals surface area contributed by atoms with Crippen LogP contribution in [0.1, 0.15) is 28.8 Å². The van der Waals surface area contributed by atoms with Crippen LogP contribution in [0.25, 0.3) is 0 Å². The van der Waals surface area contributed by atoms with Crippen LogP contribution in [0.4, 0.5) is 17.6 Å². The number of carbonyl (C=O) groups is 1. The molecule has 1 atom stereocenters. The van der Waals surface area contributed by atoms with E-state index in [1.54, 1.807) is 0 Å². The third-order valence-corrected chi connectivity index (χ3v) is 3.03. The van der Waals surface area contributed by atoms with Gasteiger partial charge in [0.1, 0.15) is 5.82 Å². The molecule has 2 rings (SSSR count). The van der Waals surface area contributed by atoms with Crippen molar-refractivity contribution < 1.29 is 27.1 Å². The van der Waals surface area contributed by atoms with E-state index in [-0.39, 0.29) is 12.6 Å². The van der Waals surface area contributed by atoms with Gasteiger partial charge >= 0.3 is 6.18 Å². The minimum atomic E-state index is -4.61. The molecule has 1 saturated heterocycles. The number of amides is 1. The Hall–Kier alpha value is -1.63. The molecule has 1 aromatic rings. The molecule has 110 valence electrons. The van der Waals surface area contributed by atoms with Crippen molar-refractivity contribution in [2.45, 2.75) is 25.1 Å². The van der Waals surface area contributed by atoms with Gasteiger partial charge in [0, 0.05) is 6.61 Å². The van der Waals surface area contributed by atoms with Crippen molar-refractivity contribution >= 4 is 5.91 Å². The van der Waals surface area contributed by atoms with E-state index in [4.69, 9.17) is 4.74 Å². The lowest BCUT2D eigenvalue weighted by atomic mass is 10.1. The quantitative estimate of drug-likeness (QED) is 0.851. The van der Waals surface area contributed by atoms with Crippen LogP contribution in [0.15, 0.2) is 18.2 Å². The van der Waals surface area contributed by atoms with Gasteiger partial charge in [-0.05, 0) is 31.0 Å². The van der Waals surface area contributed by atoms with Gasteiger partial charge in [0.05, 0.1) is 23.8 Å². The number of halogens is 4. The Morgan fingerprint density at radius 3 is 2.70 bits per heavy atom. The predicted octanol–water partition coefficient (Wildman–Crippen LogP) is 2.75. The van der Waals surface area contributed by atoms with Crippen LogP contribution in [0.2, 0.25) is 0 Å². The Morgan fingerprint density at radius 2 is 2.10 bits per heavy atom. The van der Waals surface area contributed by atoms with Gasteiger partial charge < -0.3 is 10.1 Å². The zero-order valence-corrected chi connectivity index (χ0v) is 10.5. The lowest BCUT2D eigenvalue weighted by Crippen LogP contribution is -2.41. The fourth-order valence-electron chi connectivity index (χ4n) is 1.99. The summed E-state index contributed by atoms with van der Waals surface area (Å²) in [4.78, 5) is 11.8. The van der Waals surface area contributed by atoms with E-state index >= 15 is 0 Å². The van der Waals surface area contributed by atoms with Crippen LogP contribution in [0, 0.1) is 5.82 Å². The van der Waals surface area contributed by atoms with E-state index < -0.39 is 29.0 Å². The van der Waals surface area contributed by atoms with Crippen LogP contribution < -0.4 is 5.32 Å². The fraction of sp³-hybridized carbons (Fsp3) is 0.462. The minimum Gasteiger partial charge on any atom is -0.379 e. The molecule has 1 N–H and O–H groups in total. The maximum atomic E-state index is 13.5. The molecule has 1 unspecified atom stereocenters. The summed E-state index contributed by atoms with van der Waals surface area (Å²) in [7, 11) is 0. The Bertz CT molecular complexity index is 496. The van der Waals surface area contributed by atoms with Crippen molar-refractivity contribution in [3.05, 3.63) is 35.1 Å². The Labute approximate surface area is 112 Å². The number of nitrogens with one attached hydrogen (secondary N) is 1. The molecule has 7 heteroatoms. The van der Waals surface area contributed by atoms with Crippen LogP contribution in [0.5, 0.6) is 0 Å².